The molecular weight excluding hydrogens is 352 g/mol. The van der Waals surface area contributed by atoms with Gasteiger partial charge in [-0.1, -0.05) is 106 Å². The van der Waals surface area contributed by atoms with Crippen molar-refractivity contribution >= 4 is 5.71 Å². The van der Waals surface area contributed by atoms with Crippen LogP contribution in [0, 0.1) is 0 Å². The van der Waals surface area contributed by atoms with Crippen LogP contribution in [0.5, 0.6) is 0 Å². The van der Waals surface area contributed by atoms with Crippen molar-refractivity contribution in [3.05, 3.63) is 71.8 Å². The van der Waals surface area contributed by atoms with E-state index in [1.54, 1.807) is 0 Å². The maximum absolute atomic E-state index is 5.53. The first-order valence-electron chi connectivity index (χ1n) is 11.9. The van der Waals surface area contributed by atoms with Gasteiger partial charge in [-0.15, -0.1) is 0 Å². The van der Waals surface area contributed by atoms with Crippen LogP contribution >= 0.6 is 0 Å². The van der Waals surface area contributed by atoms with Gasteiger partial charge >= 0.3 is 0 Å². The van der Waals surface area contributed by atoms with Crippen molar-refractivity contribution in [2.45, 2.75) is 88.4 Å². The van der Waals surface area contributed by atoms with E-state index in [1.165, 1.54) is 87.5 Å². The fourth-order valence-corrected chi connectivity index (χ4v) is 5.76. The highest BCUT2D eigenvalue weighted by molar-refractivity contribution is 6.08. The summed E-state index contributed by atoms with van der Waals surface area (Å²) in [7, 11) is 0. The van der Waals surface area contributed by atoms with Gasteiger partial charge in [0.1, 0.15) is 5.66 Å². The summed E-state index contributed by atoms with van der Waals surface area (Å²) in [5.41, 5.74) is 4.15. The molecule has 0 amide bonds. The highest BCUT2D eigenvalue weighted by atomic mass is 15.5. The van der Waals surface area contributed by atoms with Gasteiger partial charge in [0, 0.05) is 0 Å². The summed E-state index contributed by atoms with van der Waals surface area (Å²) < 4.78 is 0. The molecule has 2 fully saturated rings. The molecule has 0 radical (unpaired) electrons. The second kappa shape index (κ2) is 8.44. The molecule has 2 aliphatic heterocycles. The summed E-state index contributed by atoms with van der Waals surface area (Å²) in [6.45, 7) is 0. The first-order chi connectivity index (χ1) is 14.4. The van der Waals surface area contributed by atoms with E-state index in [0.717, 1.165) is 0 Å². The molecule has 29 heavy (non-hydrogen) atoms. The van der Waals surface area contributed by atoms with Crippen molar-refractivity contribution in [2.75, 3.05) is 0 Å². The van der Waals surface area contributed by atoms with E-state index in [-0.39, 0.29) is 5.66 Å². The fraction of sp³-hybridized carbons (Fsp3) is 0.519. The molecular formula is C27H34N2. The molecule has 3 atom stereocenters. The zero-order valence-electron chi connectivity index (χ0n) is 17.6. The van der Waals surface area contributed by atoms with Gasteiger partial charge in [0.15, 0.2) is 0 Å². The van der Waals surface area contributed by atoms with Gasteiger partial charge in [-0.2, -0.15) is 0 Å². The van der Waals surface area contributed by atoms with Crippen LogP contribution in [0.2, 0.25) is 0 Å². The monoisotopic (exact) mass is 386 g/mol. The van der Waals surface area contributed by atoms with E-state index in [0.29, 0.717) is 12.1 Å². The van der Waals surface area contributed by atoms with Crippen LogP contribution in [0.15, 0.2) is 65.7 Å². The van der Waals surface area contributed by atoms with E-state index in [4.69, 9.17) is 4.99 Å². The first kappa shape index (κ1) is 19.1. The lowest BCUT2D eigenvalue weighted by molar-refractivity contribution is 0.182. The van der Waals surface area contributed by atoms with Crippen molar-refractivity contribution in [2.24, 2.45) is 4.99 Å². The smallest absolute Gasteiger partial charge is 0.114 e. The maximum Gasteiger partial charge on any atom is 0.114 e. The zero-order valence-corrected chi connectivity index (χ0v) is 17.6. The molecule has 2 aromatic carbocycles. The molecule has 1 saturated carbocycles. The Kier molecular flexibility index (Phi) is 5.54. The minimum absolute atomic E-state index is 0.0234. The predicted octanol–water partition coefficient (Wildman–Crippen LogP) is 6.92. The molecule has 1 saturated heterocycles. The lowest BCUT2D eigenvalue weighted by atomic mass is 9.92. The van der Waals surface area contributed by atoms with Crippen LogP contribution in [0.3, 0.4) is 0 Å². The number of fused-ring (bicyclic) bond motifs is 2. The summed E-state index contributed by atoms with van der Waals surface area (Å²) in [6, 6.07) is 23.1. The van der Waals surface area contributed by atoms with Crippen LogP contribution < -0.4 is 0 Å². The molecule has 0 aromatic heterocycles. The quantitative estimate of drug-likeness (QED) is 0.512. The lowest BCUT2D eigenvalue weighted by Crippen LogP contribution is -2.34. The molecule has 2 heteroatoms. The number of hydrogen-bond acceptors (Lipinski definition) is 2. The minimum Gasteiger partial charge on any atom is -0.265 e. The molecule has 0 bridgehead atoms. The second-order valence-electron chi connectivity index (χ2n) is 9.24. The van der Waals surface area contributed by atoms with E-state index in [1.807, 2.05) is 0 Å². The molecule has 2 nitrogen and oxygen atoms in total. The Morgan fingerprint density at radius 2 is 1.14 bits per heavy atom. The number of aliphatic imine (C=N–C) groups is 1. The van der Waals surface area contributed by atoms with Gasteiger partial charge < -0.3 is 0 Å². The number of hydrogen-bond donors (Lipinski definition) is 0. The molecule has 1 aliphatic carbocycles. The Balaban J connectivity index is 1.48. The lowest BCUT2D eigenvalue weighted by Gasteiger charge is -2.31. The van der Waals surface area contributed by atoms with Gasteiger partial charge in [-0.25, -0.2) is 0 Å². The van der Waals surface area contributed by atoms with Gasteiger partial charge in [0.05, 0.1) is 17.8 Å². The molecule has 3 aliphatic rings. The van der Waals surface area contributed by atoms with E-state index >= 15 is 0 Å². The van der Waals surface area contributed by atoms with Crippen LogP contribution in [-0.2, 0) is 0 Å². The Morgan fingerprint density at radius 3 is 1.72 bits per heavy atom. The van der Waals surface area contributed by atoms with Gasteiger partial charge in [-0.3, -0.25) is 9.89 Å². The molecule has 152 valence electrons. The summed E-state index contributed by atoms with van der Waals surface area (Å²) in [5.74, 6) is 0. The van der Waals surface area contributed by atoms with Gasteiger partial charge in [-0.05, 0) is 36.8 Å². The van der Waals surface area contributed by atoms with Gasteiger partial charge in [0.25, 0.3) is 0 Å². The van der Waals surface area contributed by atoms with Crippen molar-refractivity contribution in [3.8, 4) is 0 Å². The average Bonchev–Trinajstić information content (AvgIpc) is 3.43. The topological polar surface area (TPSA) is 15.4 Å². The van der Waals surface area contributed by atoms with E-state index < -0.39 is 0 Å². The normalized spacial score (nSPS) is 29.4. The van der Waals surface area contributed by atoms with Crippen LogP contribution in [0.4, 0.5) is 0 Å². The molecule has 1 spiro atoms. The second-order valence-corrected chi connectivity index (χ2v) is 9.24. The highest BCUT2D eigenvalue weighted by Gasteiger charge is 2.64. The molecule has 1 unspecified atom stereocenters. The Bertz CT molecular complexity index is 814. The van der Waals surface area contributed by atoms with Crippen molar-refractivity contribution in [3.63, 3.8) is 0 Å². The first-order valence-corrected chi connectivity index (χ1v) is 11.9. The Labute approximate surface area is 176 Å². The average molecular weight is 387 g/mol. The SMILES string of the molecule is c1ccc(C2=NC3(CCCCCCCCCCC3)N3[C@H]2[C@@H]3c2ccccc2)cc1. The molecule has 0 N–H and O–H groups in total. The third-order valence-electron chi connectivity index (χ3n) is 7.26. The summed E-state index contributed by atoms with van der Waals surface area (Å²) in [5, 5.41) is 0. The number of nitrogens with zero attached hydrogens (tertiary/aromatic N) is 2. The summed E-state index contributed by atoms with van der Waals surface area (Å²) >= 11 is 0. The van der Waals surface area contributed by atoms with Crippen molar-refractivity contribution in [1.29, 1.82) is 0 Å². The largest absolute Gasteiger partial charge is 0.265 e. The third kappa shape index (κ3) is 3.80. The zero-order chi connectivity index (χ0) is 19.5. The van der Waals surface area contributed by atoms with E-state index in [9.17, 15) is 0 Å². The highest BCUT2D eigenvalue weighted by Crippen LogP contribution is 2.58. The molecule has 5 rings (SSSR count). The molecule has 2 aromatic rings. The minimum atomic E-state index is 0.0234. The van der Waals surface area contributed by atoms with Crippen molar-refractivity contribution in [1.82, 2.24) is 4.90 Å². The van der Waals surface area contributed by atoms with Crippen LogP contribution in [-0.4, -0.2) is 22.3 Å². The standard InChI is InChI=1S/C27H34N2/c1-2-4-6-14-20-27(21-15-7-5-3-1)28-24(22-16-10-8-11-17-22)26-25(29(26)27)23-18-12-9-13-19-23/h8-13,16-19,25-26H,1-7,14-15,20-21H2/t25-,26+,29?/m0/s1. The Hall–Kier alpha value is -1.93. The predicted molar refractivity (Wildman–Crippen MR) is 121 cm³/mol. The summed E-state index contributed by atoms with van der Waals surface area (Å²) in [4.78, 5) is 8.30. The number of rotatable bonds is 2. The maximum atomic E-state index is 5.53. The third-order valence-corrected chi connectivity index (χ3v) is 7.26. The number of benzene rings is 2. The Morgan fingerprint density at radius 1 is 0.621 bits per heavy atom. The van der Waals surface area contributed by atoms with Crippen molar-refractivity contribution < 1.29 is 0 Å². The van der Waals surface area contributed by atoms with Gasteiger partial charge in [0.2, 0.25) is 0 Å². The molecule has 2 heterocycles. The van der Waals surface area contributed by atoms with Crippen LogP contribution in [0.25, 0.3) is 0 Å². The van der Waals surface area contributed by atoms with Crippen LogP contribution in [0.1, 0.15) is 87.8 Å². The fourth-order valence-electron chi connectivity index (χ4n) is 5.76. The van der Waals surface area contributed by atoms with E-state index in [2.05, 4.69) is 65.6 Å². The summed E-state index contributed by atoms with van der Waals surface area (Å²) in [6.07, 6.45) is 14.9.